The summed E-state index contributed by atoms with van der Waals surface area (Å²) in [5.41, 5.74) is 1.96. The normalized spacial score (nSPS) is 10.8. The van der Waals surface area contributed by atoms with Gasteiger partial charge in [-0.25, -0.2) is 8.42 Å². The van der Waals surface area contributed by atoms with Gasteiger partial charge < -0.3 is 10.1 Å². The van der Waals surface area contributed by atoms with E-state index in [0.29, 0.717) is 30.0 Å². The Hall–Kier alpha value is -3.05. The number of rotatable bonds is 9. The van der Waals surface area contributed by atoms with Crippen molar-refractivity contribution in [2.24, 2.45) is 0 Å². The number of nitriles is 1. The van der Waals surface area contributed by atoms with E-state index >= 15 is 0 Å². The third kappa shape index (κ3) is 5.99. The van der Waals surface area contributed by atoms with Crippen molar-refractivity contribution in [3.63, 3.8) is 0 Å². The number of sulfonamides is 1. The molecule has 0 heterocycles. The van der Waals surface area contributed by atoms with Gasteiger partial charge in [-0.1, -0.05) is 24.3 Å². The third-order valence-corrected chi connectivity index (χ3v) is 5.22. The molecule has 2 aromatic carbocycles. The number of methoxy groups -OCH3 is 1. The van der Waals surface area contributed by atoms with Crippen LogP contribution in [-0.2, 0) is 21.2 Å². The maximum atomic E-state index is 12.2. The average molecular weight is 401 g/mol. The molecule has 8 heteroatoms. The van der Waals surface area contributed by atoms with Crippen molar-refractivity contribution >= 4 is 27.3 Å². The quantitative estimate of drug-likeness (QED) is 0.696. The molecule has 148 valence electrons. The van der Waals surface area contributed by atoms with E-state index in [1.807, 2.05) is 0 Å². The molecule has 0 spiro atoms. The molecule has 0 saturated carbocycles. The first-order valence-electron chi connectivity index (χ1n) is 8.71. The van der Waals surface area contributed by atoms with Gasteiger partial charge in [0.25, 0.3) is 0 Å². The number of carbonyl (C=O) groups is 1. The van der Waals surface area contributed by atoms with Gasteiger partial charge in [0.05, 0.1) is 31.5 Å². The number of anilines is 2. The van der Waals surface area contributed by atoms with E-state index in [1.165, 1.54) is 11.4 Å². The van der Waals surface area contributed by atoms with Crippen molar-refractivity contribution in [3.05, 3.63) is 54.1 Å². The van der Waals surface area contributed by atoms with Gasteiger partial charge in [-0.2, -0.15) is 5.26 Å². The number of carbonyl (C=O) groups excluding carboxylic acids is 1. The summed E-state index contributed by atoms with van der Waals surface area (Å²) in [4.78, 5) is 12.2. The molecule has 0 fully saturated rings. The van der Waals surface area contributed by atoms with E-state index in [9.17, 15) is 13.2 Å². The van der Waals surface area contributed by atoms with Gasteiger partial charge in [0.2, 0.25) is 15.9 Å². The number of nitrogens with zero attached hydrogens (tertiary/aromatic N) is 2. The summed E-state index contributed by atoms with van der Waals surface area (Å²) >= 11 is 0. The average Bonchev–Trinajstić information content (AvgIpc) is 2.66. The molecule has 2 aromatic rings. The number of para-hydroxylation sites is 2. The molecule has 0 atom stereocenters. The lowest BCUT2D eigenvalue weighted by Crippen LogP contribution is -2.31. The van der Waals surface area contributed by atoms with Crippen LogP contribution in [0.5, 0.6) is 5.75 Å². The highest BCUT2D eigenvalue weighted by Crippen LogP contribution is 2.29. The summed E-state index contributed by atoms with van der Waals surface area (Å²) in [6, 6.07) is 16.0. The Morgan fingerprint density at radius 3 is 2.46 bits per heavy atom. The maximum absolute atomic E-state index is 12.2. The van der Waals surface area contributed by atoms with E-state index in [2.05, 4.69) is 11.4 Å². The van der Waals surface area contributed by atoms with Gasteiger partial charge in [0.15, 0.2) is 0 Å². The van der Waals surface area contributed by atoms with Crippen molar-refractivity contribution in [2.45, 2.75) is 19.3 Å². The van der Waals surface area contributed by atoms with Crippen LogP contribution in [0.25, 0.3) is 0 Å². The van der Waals surface area contributed by atoms with Crippen LogP contribution >= 0.6 is 0 Å². The second-order valence-corrected chi connectivity index (χ2v) is 8.10. The fraction of sp³-hybridized carbons (Fsp3) is 0.300. The zero-order valence-electron chi connectivity index (χ0n) is 15.9. The molecule has 2 rings (SSSR count). The highest BCUT2D eigenvalue weighted by molar-refractivity contribution is 7.92. The van der Waals surface area contributed by atoms with Crippen LogP contribution in [0.2, 0.25) is 0 Å². The third-order valence-electron chi connectivity index (χ3n) is 4.04. The molecule has 0 unspecified atom stereocenters. The van der Waals surface area contributed by atoms with Gasteiger partial charge in [-0.3, -0.25) is 9.10 Å². The Labute approximate surface area is 165 Å². The van der Waals surface area contributed by atoms with E-state index in [0.717, 1.165) is 11.8 Å². The van der Waals surface area contributed by atoms with Crippen LogP contribution < -0.4 is 14.4 Å². The summed E-state index contributed by atoms with van der Waals surface area (Å²) in [6.45, 7) is 0.160. The molecular formula is C20H23N3O4S. The predicted octanol–water partition coefficient (Wildman–Crippen LogP) is 2.95. The van der Waals surface area contributed by atoms with Crippen LogP contribution in [0.4, 0.5) is 11.4 Å². The molecular weight excluding hydrogens is 378 g/mol. The number of nitrogens with one attached hydrogen (secondary N) is 1. The van der Waals surface area contributed by atoms with Crippen molar-refractivity contribution < 1.29 is 17.9 Å². The Balaban J connectivity index is 1.97. The molecule has 7 nitrogen and oxygen atoms in total. The van der Waals surface area contributed by atoms with E-state index in [-0.39, 0.29) is 18.9 Å². The Bertz CT molecular complexity index is 950. The minimum absolute atomic E-state index is 0.160. The van der Waals surface area contributed by atoms with Gasteiger partial charge in [-0.15, -0.1) is 0 Å². The zero-order valence-corrected chi connectivity index (χ0v) is 16.7. The number of benzene rings is 2. The number of hydrogen-bond acceptors (Lipinski definition) is 5. The Kier molecular flexibility index (Phi) is 7.41. The largest absolute Gasteiger partial charge is 0.495 e. The summed E-state index contributed by atoms with van der Waals surface area (Å²) < 4.78 is 30.9. The van der Waals surface area contributed by atoms with Crippen molar-refractivity contribution in [1.82, 2.24) is 0 Å². The molecule has 1 N–H and O–H groups in total. The number of amides is 1. The van der Waals surface area contributed by atoms with Crippen LogP contribution in [0, 0.1) is 11.3 Å². The van der Waals surface area contributed by atoms with Crippen molar-refractivity contribution in [3.8, 4) is 11.8 Å². The van der Waals surface area contributed by atoms with Crippen LogP contribution in [-0.4, -0.2) is 34.2 Å². The van der Waals surface area contributed by atoms with Crippen molar-refractivity contribution in [2.75, 3.05) is 29.5 Å². The maximum Gasteiger partial charge on any atom is 0.232 e. The van der Waals surface area contributed by atoms with Gasteiger partial charge in [0.1, 0.15) is 5.75 Å². The van der Waals surface area contributed by atoms with Crippen LogP contribution in [0.3, 0.4) is 0 Å². The Morgan fingerprint density at radius 1 is 1.18 bits per heavy atom. The molecule has 0 aliphatic heterocycles. The second kappa shape index (κ2) is 9.76. The van der Waals surface area contributed by atoms with Gasteiger partial charge in [0, 0.05) is 18.7 Å². The van der Waals surface area contributed by atoms with E-state index in [4.69, 9.17) is 10.00 Å². The molecule has 0 radical (unpaired) electrons. The molecule has 0 aliphatic rings. The summed E-state index contributed by atoms with van der Waals surface area (Å²) in [5.74, 6) is 0.247. The SMILES string of the molecule is COc1ccccc1N(CCCC(=O)Nc1ccc(CC#N)cc1)S(C)(=O)=O. The first-order chi connectivity index (χ1) is 13.3. The first-order valence-corrected chi connectivity index (χ1v) is 10.6. The first kappa shape index (κ1) is 21.3. The summed E-state index contributed by atoms with van der Waals surface area (Å²) in [5, 5.41) is 11.4. The fourth-order valence-electron chi connectivity index (χ4n) is 2.70. The van der Waals surface area contributed by atoms with E-state index in [1.54, 1.807) is 48.5 Å². The van der Waals surface area contributed by atoms with Crippen molar-refractivity contribution in [1.29, 1.82) is 5.26 Å². The molecule has 1 amide bonds. The summed E-state index contributed by atoms with van der Waals surface area (Å²) in [6.07, 6.45) is 1.96. The number of ether oxygens (including phenoxy) is 1. The lowest BCUT2D eigenvalue weighted by atomic mass is 10.1. The Morgan fingerprint density at radius 2 is 1.86 bits per heavy atom. The molecule has 0 saturated heterocycles. The minimum Gasteiger partial charge on any atom is -0.495 e. The van der Waals surface area contributed by atoms with Gasteiger partial charge >= 0.3 is 0 Å². The molecule has 0 bridgehead atoms. The molecule has 0 aliphatic carbocycles. The standard InChI is InChI=1S/C20H23N3O4S/c1-27-19-7-4-3-6-18(19)23(28(2,25)26)15-5-8-20(24)22-17-11-9-16(10-12-17)13-14-21/h3-4,6-7,9-12H,5,8,13,15H2,1-2H3,(H,22,24). The van der Waals surface area contributed by atoms with Crippen LogP contribution in [0.1, 0.15) is 18.4 Å². The monoisotopic (exact) mass is 401 g/mol. The smallest absolute Gasteiger partial charge is 0.232 e. The second-order valence-electron chi connectivity index (χ2n) is 6.19. The number of hydrogen-bond donors (Lipinski definition) is 1. The highest BCUT2D eigenvalue weighted by atomic mass is 32.2. The minimum atomic E-state index is -3.52. The highest BCUT2D eigenvalue weighted by Gasteiger charge is 2.20. The predicted molar refractivity (Wildman–Crippen MR) is 109 cm³/mol. The van der Waals surface area contributed by atoms with Gasteiger partial charge in [-0.05, 0) is 36.2 Å². The lowest BCUT2D eigenvalue weighted by Gasteiger charge is -2.24. The summed E-state index contributed by atoms with van der Waals surface area (Å²) in [7, 11) is -2.04. The van der Waals surface area contributed by atoms with E-state index < -0.39 is 10.0 Å². The van der Waals surface area contributed by atoms with Crippen LogP contribution in [0.15, 0.2) is 48.5 Å². The lowest BCUT2D eigenvalue weighted by molar-refractivity contribution is -0.116. The molecule has 0 aromatic heterocycles. The fourth-order valence-corrected chi connectivity index (χ4v) is 3.67. The molecule has 28 heavy (non-hydrogen) atoms. The topological polar surface area (TPSA) is 99.5 Å². The zero-order chi connectivity index (χ0) is 20.6.